The van der Waals surface area contributed by atoms with Gasteiger partial charge in [0.2, 0.25) is 5.91 Å². The average molecular weight is 365 g/mol. The van der Waals surface area contributed by atoms with Crippen LogP contribution in [-0.2, 0) is 4.79 Å². The molecule has 0 aliphatic heterocycles. The van der Waals surface area contributed by atoms with Crippen LogP contribution in [-0.4, -0.2) is 11.9 Å². The summed E-state index contributed by atoms with van der Waals surface area (Å²) in [4.78, 5) is 24.4. The molecule has 0 bridgehead atoms. The second-order valence-electron chi connectivity index (χ2n) is 5.72. The first kappa shape index (κ1) is 17.7. The molecule has 0 saturated heterocycles. The second-order valence-corrected chi connectivity index (χ2v) is 6.16. The molecule has 0 aliphatic rings. The van der Waals surface area contributed by atoms with Crippen molar-refractivity contribution >= 4 is 29.2 Å². The normalized spacial score (nSPS) is 10.5. The minimum atomic E-state index is -1.40. The molecule has 0 atom stereocenters. The molecule has 3 rings (SSSR count). The summed E-state index contributed by atoms with van der Waals surface area (Å²) >= 11 is 5.85. The Morgan fingerprint density at radius 1 is 0.846 bits per heavy atom. The number of anilines is 1. The highest BCUT2D eigenvalue weighted by Gasteiger charge is 2.23. The van der Waals surface area contributed by atoms with Gasteiger partial charge in [-0.15, -0.1) is 0 Å². The van der Waals surface area contributed by atoms with Crippen LogP contribution in [0.5, 0.6) is 0 Å². The van der Waals surface area contributed by atoms with Gasteiger partial charge in [-0.2, -0.15) is 0 Å². The van der Waals surface area contributed by atoms with E-state index in [1.807, 2.05) is 60.7 Å². The number of nitrogens with one attached hydrogen (secondary N) is 1. The van der Waals surface area contributed by atoms with Gasteiger partial charge in [0.25, 0.3) is 0 Å². The van der Waals surface area contributed by atoms with Crippen molar-refractivity contribution in [3.63, 3.8) is 0 Å². The first-order valence-electron chi connectivity index (χ1n) is 7.98. The van der Waals surface area contributed by atoms with Crippen molar-refractivity contribution in [2.45, 2.75) is 5.92 Å². The van der Waals surface area contributed by atoms with E-state index in [0.29, 0.717) is 0 Å². The van der Waals surface area contributed by atoms with Gasteiger partial charge in [0.1, 0.15) is 0 Å². The molecule has 0 fully saturated rings. The lowest BCUT2D eigenvalue weighted by atomic mass is 9.90. The summed E-state index contributed by atoms with van der Waals surface area (Å²) in [5.74, 6) is -2.33. The third-order valence-corrected chi connectivity index (χ3v) is 4.22. The van der Waals surface area contributed by atoms with Crippen molar-refractivity contribution < 1.29 is 14.7 Å². The van der Waals surface area contributed by atoms with E-state index in [-0.39, 0.29) is 22.2 Å². The number of halogens is 1. The molecule has 0 heterocycles. The second kappa shape index (κ2) is 7.85. The van der Waals surface area contributed by atoms with Crippen LogP contribution in [0.3, 0.4) is 0 Å². The van der Waals surface area contributed by atoms with E-state index in [1.165, 1.54) is 18.2 Å². The Labute approximate surface area is 156 Å². The highest BCUT2D eigenvalue weighted by atomic mass is 35.5. The van der Waals surface area contributed by atoms with Gasteiger partial charge in [-0.1, -0.05) is 72.3 Å². The number of hydrogen-bond acceptors (Lipinski definition) is 3. The van der Waals surface area contributed by atoms with Gasteiger partial charge in [0.05, 0.1) is 11.9 Å². The fraction of sp³-hybridized carbons (Fsp3) is 0.0476. The van der Waals surface area contributed by atoms with Gasteiger partial charge >= 0.3 is 0 Å². The van der Waals surface area contributed by atoms with Crippen molar-refractivity contribution in [1.82, 2.24) is 0 Å². The Balaban J connectivity index is 1.99. The topological polar surface area (TPSA) is 69.2 Å². The van der Waals surface area contributed by atoms with Crippen LogP contribution in [0.15, 0.2) is 78.9 Å². The van der Waals surface area contributed by atoms with Gasteiger partial charge in [-0.25, -0.2) is 0 Å². The molecule has 0 aliphatic carbocycles. The predicted octanol–water partition coefficient (Wildman–Crippen LogP) is 3.47. The first-order valence-corrected chi connectivity index (χ1v) is 8.35. The smallest absolute Gasteiger partial charge is 0.236 e. The molecule has 0 radical (unpaired) electrons. The quantitative estimate of drug-likeness (QED) is 0.753. The monoisotopic (exact) mass is 364 g/mol. The van der Waals surface area contributed by atoms with Crippen LogP contribution >= 0.6 is 11.6 Å². The summed E-state index contributed by atoms with van der Waals surface area (Å²) in [6.07, 6.45) is 0. The molecule has 130 valence electrons. The molecule has 3 aromatic rings. The van der Waals surface area contributed by atoms with Crippen molar-refractivity contribution in [3.05, 3.63) is 101 Å². The lowest BCUT2D eigenvalue weighted by Crippen LogP contribution is -2.27. The number of carbonyl (C=O) groups is 2. The zero-order valence-electron chi connectivity index (χ0n) is 13.7. The fourth-order valence-corrected chi connectivity index (χ4v) is 2.96. The Morgan fingerprint density at radius 2 is 1.38 bits per heavy atom. The van der Waals surface area contributed by atoms with Gasteiger partial charge in [-0.3, -0.25) is 4.79 Å². The number of hydrogen-bond donors (Lipinski definition) is 1. The first-order chi connectivity index (χ1) is 12.6. The Hall–Kier alpha value is -3.11. The summed E-state index contributed by atoms with van der Waals surface area (Å²) in [6.45, 7) is 0. The highest BCUT2D eigenvalue weighted by molar-refractivity contribution is 6.31. The molecule has 1 N–H and O–H groups in total. The summed E-state index contributed by atoms with van der Waals surface area (Å²) in [5.41, 5.74) is 1.60. The average Bonchev–Trinajstić information content (AvgIpc) is 2.65. The molecule has 4 nitrogen and oxygen atoms in total. The van der Waals surface area contributed by atoms with Gasteiger partial charge in [-0.05, 0) is 29.3 Å². The highest BCUT2D eigenvalue weighted by Crippen LogP contribution is 2.28. The molecule has 1 amide bonds. The standard InChI is InChI=1S/C21H16ClNO3/c22-16-11-12-18(17(13-16)21(25)26)23-20(24)19(14-7-3-1-4-8-14)15-9-5-2-6-10-15/h1-13,19H,(H,23,24)(H,25,26)/p-1. The number of aromatic carboxylic acids is 1. The fourth-order valence-electron chi connectivity index (χ4n) is 2.79. The molecular formula is C21H15ClNO3-. The largest absolute Gasteiger partial charge is 0.545 e. The maximum atomic E-state index is 13.0. The van der Waals surface area contributed by atoms with Crippen molar-refractivity contribution in [2.75, 3.05) is 5.32 Å². The van der Waals surface area contributed by atoms with Crippen molar-refractivity contribution in [3.8, 4) is 0 Å². The number of benzene rings is 3. The van der Waals surface area contributed by atoms with Gasteiger partial charge < -0.3 is 15.2 Å². The third kappa shape index (κ3) is 3.92. The zero-order chi connectivity index (χ0) is 18.5. The molecule has 3 aromatic carbocycles. The van der Waals surface area contributed by atoms with Gasteiger partial charge in [0.15, 0.2) is 0 Å². The number of rotatable bonds is 5. The molecule has 5 heteroatoms. The zero-order valence-corrected chi connectivity index (χ0v) is 14.4. The van der Waals surface area contributed by atoms with Crippen LogP contribution in [0.25, 0.3) is 0 Å². The minimum absolute atomic E-state index is 0.149. The number of carboxylic acid groups (broad SMARTS) is 1. The van der Waals surface area contributed by atoms with Crippen LogP contribution in [0.4, 0.5) is 5.69 Å². The Morgan fingerprint density at radius 3 is 1.88 bits per heavy atom. The minimum Gasteiger partial charge on any atom is -0.545 e. The molecule has 0 spiro atoms. The van der Waals surface area contributed by atoms with E-state index in [4.69, 9.17) is 11.6 Å². The van der Waals surface area contributed by atoms with Crippen LogP contribution in [0.1, 0.15) is 27.4 Å². The van der Waals surface area contributed by atoms with E-state index in [9.17, 15) is 14.7 Å². The van der Waals surface area contributed by atoms with Crippen LogP contribution < -0.4 is 10.4 Å². The van der Waals surface area contributed by atoms with Gasteiger partial charge in [0, 0.05) is 16.3 Å². The summed E-state index contributed by atoms with van der Waals surface area (Å²) in [6, 6.07) is 22.8. The van der Waals surface area contributed by atoms with Crippen molar-refractivity contribution in [1.29, 1.82) is 0 Å². The van der Waals surface area contributed by atoms with E-state index >= 15 is 0 Å². The summed E-state index contributed by atoms with van der Waals surface area (Å²) < 4.78 is 0. The number of amides is 1. The predicted molar refractivity (Wildman–Crippen MR) is 99.1 cm³/mol. The van der Waals surface area contributed by atoms with E-state index in [2.05, 4.69) is 5.32 Å². The Kier molecular flexibility index (Phi) is 5.34. The SMILES string of the molecule is O=C([O-])c1cc(Cl)ccc1NC(=O)C(c1ccccc1)c1ccccc1. The van der Waals surface area contributed by atoms with E-state index < -0.39 is 11.9 Å². The lowest BCUT2D eigenvalue weighted by molar-refractivity contribution is -0.254. The number of carbonyl (C=O) groups excluding carboxylic acids is 2. The molecule has 0 aromatic heterocycles. The molecule has 26 heavy (non-hydrogen) atoms. The van der Waals surface area contributed by atoms with Crippen LogP contribution in [0.2, 0.25) is 5.02 Å². The maximum Gasteiger partial charge on any atom is 0.236 e. The summed E-state index contributed by atoms with van der Waals surface area (Å²) in [5, 5.41) is 14.3. The van der Waals surface area contributed by atoms with Crippen molar-refractivity contribution in [2.24, 2.45) is 0 Å². The third-order valence-electron chi connectivity index (χ3n) is 3.99. The maximum absolute atomic E-state index is 13.0. The Bertz CT molecular complexity index is 887. The number of carboxylic acids is 1. The van der Waals surface area contributed by atoms with E-state index in [1.54, 1.807) is 0 Å². The lowest BCUT2D eigenvalue weighted by Gasteiger charge is -2.19. The molecular weight excluding hydrogens is 350 g/mol. The molecule has 0 unspecified atom stereocenters. The summed E-state index contributed by atoms with van der Waals surface area (Å²) in [7, 11) is 0. The van der Waals surface area contributed by atoms with Crippen LogP contribution in [0, 0.1) is 0 Å². The van der Waals surface area contributed by atoms with E-state index in [0.717, 1.165) is 11.1 Å². The molecule has 0 saturated carbocycles.